The molecule has 2 N–H and O–H groups in total. The van der Waals surface area contributed by atoms with Crippen molar-refractivity contribution in [3.8, 4) is 0 Å². The summed E-state index contributed by atoms with van der Waals surface area (Å²) in [6.07, 6.45) is 3.91. The molecule has 0 fully saturated rings. The van der Waals surface area contributed by atoms with Crippen molar-refractivity contribution in [2.45, 2.75) is 33.9 Å². The van der Waals surface area contributed by atoms with Gasteiger partial charge in [-0.3, -0.25) is 4.68 Å². The maximum atomic E-state index is 4.63. The molecule has 126 valence electrons. The summed E-state index contributed by atoms with van der Waals surface area (Å²) in [5.41, 5.74) is 3.67. The Morgan fingerprint density at radius 3 is 2.70 bits per heavy atom. The second-order valence-corrected chi connectivity index (χ2v) is 5.39. The van der Waals surface area contributed by atoms with Crippen LogP contribution in [0.5, 0.6) is 0 Å². The lowest BCUT2D eigenvalue weighted by Gasteiger charge is -2.11. The van der Waals surface area contributed by atoms with Crippen molar-refractivity contribution in [2.75, 3.05) is 13.1 Å². The van der Waals surface area contributed by atoms with E-state index in [1.165, 1.54) is 16.7 Å². The third kappa shape index (κ3) is 7.02. The average Bonchev–Trinajstić information content (AvgIpc) is 2.90. The zero-order valence-corrected chi connectivity index (χ0v) is 16.4. The fourth-order valence-corrected chi connectivity index (χ4v) is 2.20. The molecule has 2 rings (SSSR count). The SMILES string of the molecule is CCNC(=NCc1cccc(C)c1)NCCn1cc(C)cn1.I. The van der Waals surface area contributed by atoms with E-state index in [9.17, 15) is 0 Å². The van der Waals surface area contributed by atoms with Crippen molar-refractivity contribution in [3.05, 3.63) is 53.3 Å². The molecular weight excluding hydrogens is 401 g/mol. The first-order valence-corrected chi connectivity index (χ1v) is 7.74. The summed E-state index contributed by atoms with van der Waals surface area (Å²) >= 11 is 0. The van der Waals surface area contributed by atoms with Crippen LogP contribution in [0.25, 0.3) is 0 Å². The van der Waals surface area contributed by atoms with Gasteiger partial charge in [-0.15, -0.1) is 24.0 Å². The Morgan fingerprint density at radius 2 is 2.04 bits per heavy atom. The Hall–Kier alpha value is -1.57. The van der Waals surface area contributed by atoms with Crippen molar-refractivity contribution >= 4 is 29.9 Å². The number of guanidine groups is 1. The van der Waals surface area contributed by atoms with Gasteiger partial charge < -0.3 is 10.6 Å². The van der Waals surface area contributed by atoms with Gasteiger partial charge in [0.1, 0.15) is 0 Å². The molecule has 0 aliphatic rings. The third-order valence-corrected chi connectivity index (χ3v) is 3.24. The number of aliphatic imine (C=N–C) groups is 1. The van der Waals surface area contributed by atoms with Crippen molar-refractivity contribution in [1.29, 1.82) is 0 Å². The summed E-state index contributed by atoms with van der Waals surface area (Å²) in [6, 6.07) is 8.44. The number of aryl methyl sites for hydroxylation is 2. The quantitative estimate of drug-likeness (QED) is 0.424. The van der Waals surface area contributed by atoms with Crippen LogP contribution in [0.2, 0.25) is 0 Å². The molecule has 2 aromatic rings. The summed E-state index contributed by atoms with van der Waals surface area (Å²) < 4.78 is 1.94. The molecule has 0 unspecified atom stereocenters. The normalized spacial score (nSPS) is 11.0. The molecule has 23 heavy (non-hydrogen) atoms. The molecule has 1 aromatic carbocycles. The Bertz CT molecular complexity index is 621. The number of aromatic nitrogens is 2. The minimum atomic E-state index is 0. The zero-order valence-electron chi connectivity index (χ0n) is 14.0. The molecule has 1 heterocycles. The number of hydrogen-bond donors (Lipinski definition) is 2. The van der Waals surface area contributed by atoms with E-state index >= 15 is 0 Å². The summed E-state index contributed by atoms with van der Waals surface area (Å²) in [6.45, 7) is 9.36. The largest absolute Gasteiger partial charge is 0.357 e. The molecule has 0 saturated heterocycles. The van der Waals surface area contributed by atoms with Crippen molar-refractivity contribution in [1.82, 2.24) is 20.4 Å². The van der Waals surface area contributed by atoms with E-state index in [1.807, 2.05) is 24.0 Å². The monoisotopic (exact) mass is 427 g/mol. The molecule has 6 heteroatoms. The van der Waals surface area contributed by atoms with E-state index in [0.717, 1.165) is 25.6 Å². The zero-order chi connectivity index (χ0) is 15.8. The first kappa shape index (κ1) is 19.5. The molecule has 0 spiro atoms. The van der Waals surface area contributed by atoms with Gasteiger partial charge in [-0.05, 0) is 31.9 Å². The molecule has 0 radical (unpaired) electrons. The van der Waals surface area contributed by atoms with E-state index in [1.54, 1.807) is 0 Å². The smallest absolute Gasteiger partial charge is 0.191 e. The van der Waals surface area contributed by atoms with Crippen LogP contribution in [-0.4, -0.2) is 28.8 Å². The molecule has 0 amide bonds. The van der Waals surface area contributed by atoms with Crippen LogP contribution in [0.15, 0.2) is 41.7 Å². The van der Waals surface area contributed by atoms with Crippen LogP contribution >= 0.6 is 24.0 Å². The molecule has 0 aliphatic carbocycles. The predicted molar refractivity (Wildman–Crippen MR) is 106 cm³/mol. The van der Waals surface area contributed by atoms with Crippen molar-refractivity contribution < 1.29 is 0 Å². The van der Waals surface area contributed by atoms with Crippen molar-refractivity contribution in [2.24, 2.45) is 4.99 Å². The molecular formula is C17H26IN5. The highest BCUT2D eigenvalue weighted by molar-refractivity contribution is 14.0. The lowest BCUT2D eigenvalue weighted by molar-refractivity contribution is 0.597. The highest BCUT2D eigenvalue weighted by Crippen LogP contribution is 2.04. The number of benzene rings is 1. The van der Waals surface area contributed by atoms with E-state index in [0.29, 0.717) is 6.54 Å². The van der Waals surface area contributed by atoms with Crippen LogP contribution in [0.3, 0.4) is 0 Å². The van der Waals surface area contributed by atoms with Crippen LogP contribution < -0.4 is 10.6 Å². The summed E-state index contributed by atoms with van der Waals surface area (Å²) in [4.78, 5) is 4.63. The van der Waals surface area contributed by atoms with E-state index in [4.69, 9.17) is 0 Å². The second kappa shape index (κ2) is 10.3. The lowest BCUT2D eigenvalue weighted by Crippen LogP contribution is -2.38. The second-order valence-electron chi connectivity index (χ2n) is 5.39. The van der Waals surface area contributed by atoms with E-state index in [-0.39, 0.29) is 24.0 Å². The maximum absolute atomic E-state index is 4.63. The summed E-state index contributed by atoms with van der Waals surface area (Å²) in [7, 11) is 0. The maximum Gasteiger partial charge on any atom is 0.191 e. The fraction of sp³-hybridized carbons (Fsp3) is 0.412. The number of nitrogens with one attached hydrogen (secondary N) is 2. The molecule has 0 aliphatic heterocycles. The minimum Gasteiger partial charge on any atom is -0.357 e. The topological polar surface area (TPSA) is 54.2 Å². The number of nitrogens with zero attached hydrogens (tertiary/aromatic N) is 3. The number of rotatable bonds is 6. The van der Waals surface area contributed by atoms with Gasteiger partial charge in [-0.25, -0.2) is 4.99 Å². The molecule has 0 saturated carbocycles. The fourth-order valence-electron chi connectivity index (χ4n) is 2.20. The van der Waals surface area contributed by atoms with Crippen molar-refractivity contribution in [3.63, 3.8) is 0 Å². The Balaban J connectivity index is 0.00000264. The van der Waals surface area contributed by atoms with Gasteiger partial charge in [0.2, 0.25) is 0 Å². The first-order valence-electron chi connectivity index (χ1n) is 7.74. The first-order chi connectivity index (χ1) is 10.7. The average molecular weight is 427 g/mol. The Kier molecular flexibility index (Phi) is 8.68. The van der Waals surface area contributed by atoms with Gasteiger partial charge in [0.25, 0.3) is 0 Å². The van der Waals surface area contributed by atoms with E-state index in [2.05, 4.69) is 58.8 Å². The molecule has 0 atom stereocenters. The number of halogens is 1. The van der Waals surface area contributed by atoms with Gasteiger partial charge in [-0.1, -0.05) is 29.8 Å². The summed E-state index contributed by atoms with van der Waals surface area (Å²) in [5.74, 6) is 0.841. The standard InChI is InChI=1S/C17H25N5.HI/c1-4-18-17(19-8-9-22-13-15(3)11-21-22)20-12-16-7-5-6-14(2)10-16;/h5-7,10-11,13H,4,8-9,12H2,1-3H3,(H2,18,19,20);1H. The minimum absolute atomic E-state index is 0. The predicted octanol–water partition coefficient (Wildman–Crippen LogP) is 2.87. The van der Waals surface area contributed by atoms with Crippen LogP contribution in [-0.2, 0) is 13.1 Å². The number of hydrogen-bond acceptors (Lipinski definition) is 2. The van der Waals surface area contributed by atoms with Gasteiger partial charge >= 0.3 is 0 Å². The molecule has 5 nitrogen and oxygen atoms in total. The Labute approximate surface area is 155 Å². The van der Waals surface area contributed by atoms with Crippen LogP contribution in [0.1, 0.15) is 23.6 Å². The summed E-state index contributed by atoms with van der Waals surface area (Å²) in [5, 5.41) is 10.9. The highest BCUT2D eigenvalue weighted by Gasteiger charge is 1.99. The molecule has 0 bridgehead atoms. The highest BCUT2D eigenvalue weighted by atomic mass is 127. The lowest BCUT2D eigenvalue weighted by atomic mass is 10.1. The van der Waals surface area contributed by atoms with Gasteiger partial charge in [0.05, 0.1) is 19.3 Å². The third-order valence-electron chi connectivity index (χ3n) is 3.24. The Morgan fingerprint density at radius 1 is 1.22 bits per heavy atom. The molecule has 1 aromatic heterocycles. The van der Waals surface area contributed by atoms with Gasteiger partial charge in [0.15, 0.2) is 5.96 Å². The van der Waals surface area contributed by atoms with Gasteiger partial charge in [-0.2, -0.15) is 5.10 Å². The van der Waals surface area contributed by atoms with Gasteiger partial charge in [0, 0.05) is 19.3 Å². The van der Waals surface area contributed by atoms with E-state index < -0.39 is 0 Å². The van der Waals surface area contributed by atoms with Crippen LogP contribution in [0.4, 0.5) is 0 Å². The van der Waals surface area contributed by atoms with Crippen LogP contribution in [0, 0.1) is 13.8 Å².